The van der Waals surface area contributed by atoms with Gasteiger partial charge in [-0.15, -0.1) is 11.3 Å². The van der Waals surface area contributed by atoms with Crippen LogP contribution < -0.4 is 10.6 Å². The molecule has 0 saturated carbocycles. The normalized spacial score (nSPS) is 25.7. The average Bonchev–Trinajstić information content (AvgIpc) is 3.17. The van der Waals surface area contributed by atoms with Crippen LogP contribution in [0.2, 0.25) is 5.02 Å². The Hall–Kier alpha value is -1.14. The maximum atomic E-state index is 6.20. The van der Waals surface area contributed by atoms with Gasteiger partial charge in [-0.1, -0.05) is 29.8 Å². The van der Waals surface area contributed by atoms with Gasteiger partial charge in [-0.3, -0.25) is 4.90 Å². The molecule has 2 fully saturated rings. The summed E-state index contributed by atoms with van der Waals surface area (Å²) in [6.07, 6.45) is 4.93. The van der Waals surface area contributed by atoms with Crippen molar-refractivity contribution in [3.8, 4) is 0 Å². The molecule has 2 atom stereocenters. The summed E-state index contributed by atoms with van der Waals surface area (Å²) in [5.74, 6) is 0. The van der Waals surface area contributed by atoms with Gasteiger partial charge in [0.25, 0.3) is 0 Å². The Bertz CT molecular complexity index is 720. The summed E-state index contributed by atoms with van der Waals surface area (Å²) in [4.78, 5) is 4.17. The van der Waals surface area contributed by atoms with E-state index in [0.29, 0.717) is 28.3 Å². The van der Waals surface area contributed by atoms with E-state index in [4.69, 9.17) is 23.8 Å². The van der Waals surface area contributed by atoms with Crippen molar-refractivity contribution in [3.63, 3.8) is 0 Å². The Balaban J connectivity index is 1.33. The molecule has 1 aromatic heterocycles. The lowest BCUT2D eigenvalue weighted by Crippen LogP contribution is -2.50. The van der Waals surface area contributed by atoms with E-state index >= 15 is 0 Å². The number of nitrogens with zero attached hydrogens (tertiary/aromatic N) is 1. The van der Waals surface area contributed by atoms with Gasteiger partial charge >= 0.3 is 0 Å². The van der Waals surface area contributed by atoms with Crippen LogP contribution in [-0.2, 0) is 6.54 Å². The van der Waals surface area contributed by atoms with Crippen LogP contribution in [0.3, 0.4) is 0 Å². The number of thiophene rings is 1. The topological polar surface area (TPSA) is 27.3 Å². The number of halogens is 1. The summed E-state index contributed by atoms with van der Waals surface area (Å²) in [6.45, 7) is 1.10. The molecule has 25 heavy (non-hydrogen) atoms. The largest absolute Gasteiger partial charge is 0.360 e. The summed E-state index contributed by atoms with van der Waals surface area (Å²) < 4.78 is 0. The molecule has 0 radical (unpaired) electrons. The Morgan fingerprint density at radius 3 is 2.60 bits per heavy atom. The standard InChI is InChI=1S/C19H22ClN3S2/c20-17-5-1-2-6-18(17)22-19(24)21-13-10-14-7-8-15(11-13)23(14)12-16-4-3-9-25-16/h1-6,9,13-15H,7-8,10-12H2,(H2,21,22,24)/t14-,15-/m1/s1. The van der Waals surface area contributed by atoms with Gasteiger partial charge in [0, 0.05) is 29.5 Å². The molecular weight excluding hydrogens is 370 g/mol. The molecule has 0 unspecified atom stereocenters. The lowest BCUT2D eigenvalue weighted by atomic mass is 9.97. The number of benzene rings is 1. The number of piperidine rings is 1. The molecule has 0 aliphatic carbocycles. The van der Waals surface area contributed by atoms with Gasteiger partial charge in [-0.25, -0.2) is 0 Å². The van der Waals surface area contributed by atoms with Crippen LogP contribution in [0.1, 0.15) is 30.6 Å². The zero-order valence-corrected chi connectivity index (χ0v) is 16.3. The quantitative estimate of drug-likeness (QED) is 0.726. The molecule has 2 aromatic rings. The zero-order chi connectivity index (χ0) is 17.2. The minimum Gasteiger partial charge on any atom is -0.360 e. The van der Waals surface area contributed by atoms with Crippen molar-refractivity contribution < 1.29 is 0 Å². The molecule has 6 heteroatoms. The van der Waals surface area contributed by atoms with Crippen molar-refractivity contribution >= 4 is 46.0 Å². The molecule has 132 valence electrons. The lowest BCUT2D eigenvalue weighted by Gasteiger charge is -2.39. The minimum atomic E-state index is 0.444. The fourth-order valence-corrected chi connectivity index (χ4v) is 5.31. The molecule has 4 rings (SSSR count). The maximum absolute atomic E-state index is 6.20. The first kappa shape index (κ1) is 17.3. The third kappa shape index (κ3) is 4.00. The minimum absolute atomic E-state index is 0.444. The summed E-state index contributed by atoms with van der Waals surface area (Å²) in [7, 11) is 0. The SMILES string of the molecule is S=C(Nc1ccccc1Cl)NC1C[C@H]2CC[C@H](C1)N2Cc1cccs1. The number of hydrogen-bond donors (Lipinski definition) is 2. The third-order valence-electron chi connectivity index (χ3n) is 5.26. The van der Waals surface area contributed by atoms with Crippen molar-refractivity contribution in [3.05, 3.63) is 51.7 Å². The number of fused-ring (bicyclic) bond motifs is 2. The van der Waals surface area contributed by atoms with Crippen molar-refractivity contribution in [1.29, 1.82) is 0 Å². The van der Waals surface area contributed by atoms with Gasteiger partial charge < -0.3 is 10.6 Å². The van der Waals surface area contributed by atoms with Crippen LogP contribution in [0.5, 0.6) is 0 Å². The lowest BCUT2D eigenvalue weighted by molar-refractivity contribution is 0.116. The highest BCUT2D eigenvalue weighted by atomic mass is 35.5. The van der Waals surface area contributed by atoms with Crippen LogP contribution in [0.15, 0.2) is 41.8 Å². The number of hydrogen-bond acceptors (Lipinski definition) is 3. The van der Waals surface area contributed by atoms with Crippen LogP contribution in [0.4, 0.5) is 5.69 Å². The highest BCUT2D eigenvalue weighted by Crippen LogP contribution is 2.37. The second-order valence-corrected chi connectivity index (χ2v) is 8.73. The summed E-state index contributed by atoms with van der Waals surface area (Å²) in [5, 5.41) is 10.3. The monoisotopic (exact) mass is 391 g/mol. The van der Waals surface area contributed by atoms with E-state index in [2.05, 4.69) is 33.0 Å². The molecule has 2 aliphatic heterocycles. The number of anilines is 1. The van der Waals surface area contributed by atoms with E-state index in [9.17, 15) is 0 Å². The molecule has 2 bridgehead atoms. The van der Waals surface area contributed by atoms with Crippen molar-refractivity contribution in [2.45, 2.75) is 50.4 Å². The fraction of sp³-hybridized carbons (Fsp3) is 0.421. The van der Waals surface area contributed by atoms with Crippen molar-refractivity contribution in [2.24, 2.45) is 0 Å². The Kier molecular flexibility index (Phi) is 5.27. The highest BCUT2D eigenvalue weighted by molar-refractivity contribution is 7.80. The van der Waals surface area contributed by atoms with Crippen LogP contribution in [0, 0.1) is 0 Å². The van der Waals surface area contributed by atoms with Crippen LogP contribution in [-0.4, -0.2) is 28.1 Å². The van der Waals surface area contributed by atoms with Crippen molar-refractivity contribution in [2.75, 3.05) is 5.32 Å². The van der Waals surface area contributed by atoms with Gasteiger partial charge in [0.05, 0.1) is 10.7 Å². The summed E-state index contributed by atoms with van der Waals surface area (Å²) in [5.41, 5.74) is 0.861. The molecule has 3 nitrogen and oxygen atoms in total. The first-order chi connectivity index (χ1) is 12.2. The molecule has 2 aliphatic rings. The molecule has 2 N–H and O–H groups in total. The van der Waals surface area contributed by atoms with Crippen molar-refractivity contribution in [1.82, 2.24) is 10.2 Å². The number of nitrogens with one attached hydrogen (secondary N) is 2. The molecule has 0 amide bonds. The van der Waals surface area contributed by atoms with E-state index in [1.807, 2.05) is 35.6 Å². The van der Waals surface area contributed by atoms with E-state index < -0.39 is 0 Å². The predicted molar refractivity (Wildman–Crippen MR) is 111 cm³/mol. The van der Waals surface area contributed by atoms with Crippen LogP contribution >= 0.6 is 35.2 Å². The first-order valence-electron chi connectivity index (χ1n) is 8.79. The smallest absolute Gasteiger partial charge is 0.171 e. The fourth-order valence-electron chi connectivity index (χ4n) is 4.14. The van der Waals surface area contributed by atoms with E-state index in [-0.39, 0.29) is 0 Å². The second-order valence-electron chi connectivity index (χ2n) is 6.88. The Morgan fingerprint density at radius 1 is 1.16 bits per heavy atom. The van der Waals surface area contributed by atoms with Gasteiger partial charge in [0.1, 0.15) is 0 Å². The zero-order valence-electron chi connectivity index (χ0n) is 14.0. The summed E-state index contributed by atoms with van der Waals surface area (Å²) >= 11 is 13.6. The van der Waals surface area contributed by atoms with Gasteiger partial charge in [0.2, 0.25) is 0 Å². The van der Waals surface area contributed by atoms with E-state index in [1.165, 1.54) is 17.7 Å². The van der Waals surface area contributed by atoms with E-state index in [1.54, 1.807) is 0 Å². The van der Waals surface area contributed by atoms with Gasteiger partial charge in [-0.05, 0) is 61.5 Å². The van der Waals surface area contributed by atoms with Gasteiger partial charge in [-0.2, -0.15) is 0 Å². The number of rotatable bonds is 4. The molecular formula is C19H22ClN3S2. The van der Waals surface area contributed by atoms with Crippen LogP contribution in [0.25, 0.3) is 0 Å². The first-order valence-corrected chi connectivity index (χ1v) is 10.5. The Morgan fingerprint density at radius 2 is 1.92 bits per heavy atom. The Labute approximate surface area is 163 Å². The maximum Gasteiger partial charge on any atom is 0.171 e. The molecule has 2 saturated heterocycles. The number of thiocarbonyl (C=S) groups is 1. The molecule has 0 spiro atoms. The second kappa shape index (κ2) is 7.62. The average molecular weight is 392 g/mol. The summed E-state index contributed by atoms with van der Waals surface area (Å²) in [6, 6.07) is 13.9. The van der Waals surface area contributed by atoms with Gasteiger partial charge in [0.15, 0.2) is 5.11 Å². The highest BCUT2D eigenvalue weighted by Gasteiger charge is 2.40. The molecule has 1 aromatic carbocycles. The van der Waals surface area contributed by atoms with E-state index in [0.717, 1.165) is 25.1 Å². The third-order valence-corrected chi connectivity index (χ3v) is 6.67. The molecule has 3 heterocycles. The number of para-hydroxylation sites is 1. The predicted octanol–water partition coefficient (Wildman–Crippen LogP) is 4.88.